The van der Waals surface area contributed by atoms with E-state index >= 15 is 0 Å². The van der Waals surface area contributed by atoms with Gasteiger partial charge in [-0.15, -0.1) is 0 Å². The van der Waals surface area contributed by atoms with Crippen molar-refractivity contribution in [3.63, 3.8) is 0 Å². The molecule has 4 heteroatoms. The quantitative estimate of drug-likeness (QED) is 0.772. The van der Waals surface area contributed by atoms with Crippen molar-refractivity contribution in [3.8, 4) is 0 Å². The standard InChI is InChI=1S/C16H20BrNO2/c17-9-12-1-3-14(4-2-12)16(19)18(15-5-6-15)10-13-7-8-20-11-13/h1-4,13,15H,5-11H2. The zero-order chi connectivity index (χ0) is 13.9. The molecule has 3 rings (SSSR count). The summed E-state index contributed by atoms with van der Waals surface area (Å²) in [6, 6.07) is 8.38. The van der Waals surface area contributed by atoms with E-state index in [-0.39, 0.29) is 5.91 Å². The first-order valence-electron chi connectivity index (χ1n) is 7.31. The van der Waals surface area contributed by atoms with Gasteiger partial charge in [-0.05, 0) is 37.0 Å². The van der Waals surface area contributed by atoms with Gasteiger partial charge in [-0.3, -0.25) is 4.79 Å². The van der Waals surface area contributed by atoms with Crippen molar-refractivity contribution in [2.24, 2.45) is 5.92 Å². The SMILES string of the molecule is O=C(c1ccc(CBr)cc1)N(CC1CCOC1)C1CC1. The molecule has 1 heterocycles. The van der Waals surface area contributed by atoms with Crippen molar-refractivity contribution in [1.82, 2.24) is 4.90 Å². The second-order valence-corrected chi connectivity index (χ2v) is 6.31. The van der Waals surface area contributed by atoms with Crippen LogP contribution in [0.25, 0.3) is 0 Å². The predicted molar refractivity (Wildman–Crippen MR) is 82.1 cm³/mol. The van der Waals surface area contributed by atoms with Gasteiger partial charge in [0.05, 0.1) is 6.61 Å². The van der Waals surface area contributed by atoms with Gasteiger partial charge in [-0.2, -0.15) is 0 Å². The summed E-state index contributed by atoms with van der Waals surface area (Å²) >= 11 is 3.43. The molecule has 2 aliphatic rings. The molecular formula is C16H20BrNO2. The minimum absolute atomic E-state index is 0.181. The third-order valence-corrected chi connectivity index (χ3v) is 4.73. The van der Waals surface area contributed by atoms with Crippen molar-refractivity contribution in [2.45, 2.75) is 30.6 Å². The molecule has 1 saturated carbocycles. The smallest absolute Gasteiger partial charge is 0.254 e. The third-order valence-electron chi connectivity index (χ3n) is 4.08. The van der Waals surface area contributed by atoms with Crippen LogP contribution >= 0.6 is 15.9 Å². The highest BCUT2D eigenvalue weighted by Gasteiger charge is 2.35. The maximum Gasteiger partial charge on any atom is 0.254 e. The monoisotopic (exact) mass is 337 g/mol. The molecule has 20 heavy (non-hydrogen) atoms. The van der Waals surface area contributed by atoms with Gasteiger partial charge in [-0.1, -0.05) is 28.1 Å². The third kappa shape index (κ3) is 3.23. The van der Waals surface area contributed by atoms with E-state index in [1.807, 2.05) is 24.3 Å². The lowest BCUT2D eigenvalue weighted by atomic mass is 10.1. The van der Waals surface area contributed by atoms with Crippen LogP contribution in [0.3, 0.4) is 0 Å². The summed E-state index contributed by atoms with van der Waals surface area (Å²) in [5.74, 6) is 0.696. The van der Waals surface area contributed by atoms with E-state index in [4.69, 9.17) is 4.74 Å². The van der Waals surface area contributed by atoms with Crippen molar-refractivity contribution >= 4 is 21.8 Å². The summed E-state index contributed by atoms with van der Waals surface area (Å²) in [6.07, 6.45) is 3.39. The van der Waals surface area contributed by atoms with Crippen molar-refractivity contribution in [1.29, 1.82) is 0 Å². The average molecular weight is 338 g/mol. The van der Waals surface area contributed by atoms with Gasteiger partial charge in [0.1, 0.15) is 0 Å². The average Bonchev–Trinajstić information content (AvgIpc) is 3.21. The van der Waals surface area contributed by atoms with Crippen LogP contribution < -0.4 is 0 Å². The fraction of sp³-hybridized carbons (Fsp3) is 0.562. The van der Waals surface area contributed by atoms with E-state index in [0.29, 0.717) is 12.0 Å². The first-order valence-corrected chi connectivity index (χ1v) is 8.43. The van der Waals surface area contributed by atoms with Crippen LogP contribution in [0.2, 0.25) is 0 Å². The first-order chi connectivity index (χ1) is 9.78. The summed E-state index contributed by atoms with van der Waals surface area (Å²) < 4.78 is 5.43. The highest BCUT2D eigenvalue weighted by atomic mass is 79.9. The Balaban J connectivity index is 1.70. The van der Waals surface area contributed by atoms with E-state index in [1.54, 1.807) is 0 Å². The molecule has 0 aromatic heterocycles. The fourth-order valence-corrected chi connectivity index (χ4v) is 3.07. The minimum atomic E-state index is 0.181. The number of ether oxygens (including phenoxy) is 1. The molecule has 1 aliphatic carbocycles. The van der Waals surface area contributed by atoms with Crippen LogP contribution in [-0.4, -0.2) is 36.6 Å². The lowest BCUT2D eigenvalue weighted by molar-refractivity contribution is 0.0706. The minimum Gasteiger partial charge on any atom is -0.381 e. The number of hydrogen-bond acceptors (Lipinski definition) is 2. The summed E-state index contributed by atoms with van der Waals surface area (Å²) in [4.78, 5) is 14.8. The molecule has 1 unspecified atom stereocenters. The van der Waals surface area contributed by atoms with Gasteiger partial charge in [0, 0.05) is 36.0 Å². The number of halogens is 1. The molecule has 0 bridgehead atoms. The van der Waals surface area contributed by atoms with E-state index in [9.17, 15) is 4.79 Å². The molecule has 1 aromatic carbocycles. The fourth-order valence-electron chi connectivity index (χ4n) is 2.69. The second-order valence-electron chi connectivity index (χ2n) is 5.75. The van der Waals surface area contributed by atoms with E-state index in [1.165, 1.54) is 5.56 Å². The molecule has 0 radical (unpaired) electrons. The second kappa shape index (κ2) is 6.27. The maximum atomic E-state index is 12.7. The predicted octanol–water partition coefficient (Wildman–Crippen LogP) is 3.22. The largest absolute Gasteiger partial charge is 0.381 e. The lowest BCUT2D eigenvalue weighted by Crippen LogP contribution is -2.37. The number of rotatable bonds is 5. The van der Waals surface area contributed by atoms with Gasteiger partial charge in [0.2, 0.25) is 0 Å². The molecular weight excluding hydrogens is 318 g/mol. The lowest BCUT2D eigenvalue weighted by Gasteiger charge is -2.25. The normalized spacial score (nSPS) is 21.9. The summed E-state index contributed by atoms with van der Waals surface area (Å²) in [5.41, 5.74) is 2.00. The van der Waals surface area contributed by atoms with Gasteiger partial charge in [-0.25, -0.2) is 0 Å². The van der Waals surface area contributed by atoms with E-state index in [2.05, 4.69) is 20.8 Å². The molecule has 1 aromatic rings. The topological polar surface area (TPSA) is 29.5 Å². The number of carbonyl (C=O) groups excluding carboxylic acids is 1. The Kier molecular flexibility index (Phi) is 4.41. The van der Waals surface area contributed by atoms with Gasteiger partial charge in [0.25, 0.3) is 5.91 Å². The Morgan fingerprint density at radius 1 is 1.25 bits per heavy atom. The van der Waals surface area contributed by atoms with Crippen molar-refractivity contribution < 1.29 is 9.53 Å². The molecule has 0 spiro atoms. The molecule has 108 valence electrons. The number of alkyl halides is 1. The number of hydrogen-bond donors (Lipinski definition) is 0. The zero-order valence-electron chi connectivity index (χ0n) is 11.6. The Morgan fingerprint density at radius 2 is 2.00 bits per heavy atom. The number of carbonyl (C=O) groups is 1. The van der Waals surface area contributed by atoms with E-state index in [0.717, 1.165) is 49.9 Å². The Hall–Kier alpha value is -0.870. The van der Waals surface area contributed by atoms with Gasteiger partial charge >= 0.3 is 0 Å². The van der Waals surface area contributed by atoms with E-state index < -0.39 is 0 Å². The van der Waals surface area contributed by atoms with Crippen molar-refractivity contribution in [2.75, 3.05) is 19.8 Å². The summed E-state index contributed by atoms with van der Waals surface area (Å²) in [7, 11) is 0. The highest BCUT2D eigenvalue weighted by molar-refractivity contribution is 9.08. The van der Waals surface area contributed by atoms with Crippen LogP contribution in [0, 0.1) is 5.92 Å². The van der Waals surface area contributed by atoms with Crippen LogP contribution in [0.5, 0.6) is 0 Å². The van der Waals surface area contributed by atoms with Gasteiger partial charge in [0.15, 0.2) is 0 Å². The molecule has 3 nitrogen and oxygen atoms in total. The molecule has 1 aliphatic heterocycles. The number of benzene rings is 1. The Morgan fingerprint density at radius 3 is 2.55 bits per heavy atom. The van der Waals surface area contributed by atoms with Crippen LogP contribution in [0.15, 0.2) is 24.3 Å². The summed E-state index contributed by atoms with van der Waals surface area (Å²) in [6.45, 7) is 2.50. The Bertz CT molecular complexity index is 464. The van der Waals surface area contributed by atoms with Gasteiger partial charge < -0.3 is 9.64 Å². The zero-order valence-corrected chi connectivity index (χ0v) is 13.1. The maximum absolute atomic E-state index is 12.7. The van der Waals surface area contributed by atoms with Crippen molar-refractivity contribution in [3.05, 3.63) is 35.4 Å². The van der Waals surface area contributed by atoms with Crippen LogP contribution in [0.1, 0.15) is 35.2 Å². The molecule has 1 saturated heterocycles. The highest BCUT2D eigenvalue weighted by Crippen LogP contribution is 2.30. The first kappa shape index (κ1) is 14.1. The number of amides is 1. The van der Waals surface area contributed by atoms with Crippen LogP contribution in [0.4, 0.5) is 0 Å². The molecule has 1 amide bonds. The van der Waals surface area contributed by atoms with Crippen LogP contribution in [-0.2, 0) is 10.1 Å². The molecule has 2 fully saturated rings. The molecule has 1 atom stereocenters. The molecule has 0 N–H and O–H groups in total. The summed E-state index contributed by atoms with van der Waals surface area (Å²) in [5, 5.41) is 0.827. The Labute approximate surface area is 128 Å². The number of nitrogens with zero attached hydrogens (tertiary/aromatic N) is 1.